The number of rotatable bonds is 5. The first-order valence-corrected chi connectivity index (χ1v) is 10.5. The van der Waals surface area contributed by atoms with Crippen LogP contribution in [0.15, 0.2) is 45.5 Å². The summed E-state index contributed by atoms with van der Waals surface area (Å²) in [6.07, 6.45) is 1.97. The first-order valence-electron chi connectivity index (χ1n) is 9.52. The number of hydrogen-bond acceptors (Lipinski definition) is 6. The van der Waals surface area contributed by atoms with Crippen LogP contribution in [0.5, 0.6) is 5.75 Å². The lowest BCUT2D eigenvalue weighted by Gasteiger charge is -2.31. The number of hydrogen-bond donors (Lipinski definition) is 0. The molecule has 0 spiro atoms. The lowest BCUT2D eigenvalue weighted by Crippen LogP contribution is -2.39. The second-order valence-corrected chi connectivity index (χ2v) is 8.02. The van der Waals surface area contributed by atoms with Crippen LogP contribution in [-0.2, 0) is 0 Å². The van der Waals surface area contributed by atoms with Crippen LogP contribution >= 0.6 is 11.3 Å². The lowest BCUT2D eigenvalue weighted by molar-refractivity contribution is 0.0698. The number of nitrogens with zero attached hydrogens (tertiary/aromatic N) is 3. The van der Waals surface area contributed by atoms with Crippen molar-refractivity contribution in [3.05, 3.63) is 52.5 Å². The maximum absolute atomic E-state index is 12.9. The number of amides is 1. The number of aromatic nitrogens is 2. The predicted molar refractivity (Wildman–Crippen MR) is 108 cm³/mol. The molecule has 1 amide bonds. The van der Waals surface area contributed by atoms with Gasteiger partial charge in [-0.15, -0.1) is 10.2 Å². The SMILES string of the molecule is CC(C)Oc1ccc(C(=O)N2CCC[C@@H](c3nnc(-c4ccsc4)o3)C2)cc1. The van der Waals surface area contributed by atoms with Gasteiger partial charge in [-0.3, -0.25) is 4.79 Å². The Morgan fingerprint density at radius 1 is 1.25 bits per heavy atom. The molecule has 1 aromatic carbocycles. The highest BCUT2D eigenvalue weighted by Gasteiger charge is 2.29. The van der Waals surface area contributed by atoms with E-state index < -0.39 is 0 Å². The molecule has 3 aromatic rings. The van der Waals surface area contributed by atoms with E-state index in [2.05, 4.69) is 10.2 Å². The van der Waals surface area contributed by atoms with E-state index in [0.717, 1.165) is 30.7 Å². The molecular weight excluding hydrogens is 374 g/mol. The predicted octanol–water partition coefficient (Wildman–Crippen LogP) is 4.61. The van der Waals surface area contributed by atoms with Crippen LogP contribution in [0.3, 0.4) is 0 Å². The molecule has 1 fully saturated rings. The molecule has 4 rings (SSSR count). The van der Waals surface area contributed by atoms with E-state index in [0.29, 0.717) is 23.9 Å². The fourth-order valence-corrected chi connectivity index (χ4v) is 4.03. The summed E-state index contributed by atoms with van der Waals surface area (Å²) >= 11 is 1.60. The Morgan fingerprint density at radius 2 is 2.07 bits per heavy atom. The molecule has 0 saturated carbocycles. The summed E-state index contributed by atoms with van der Waals surface area (Å²) in [6, 6.07) is 9.31. The van der Waals surface area contributed by atoms with Crippen LogP contribution < -0.4 is 4.74 Å². The highest BCUT2D eigenvalue weighted by atomic mass is 32.1. The van der Waals surface area contributed by atoms with Crippen LogP contribution in [0.2, 0.25) is 0 Å². The Kier molecular flexibility index (Phi) is 5.43. The van der Waals surface area contributed by atoms with Crippen LogP contribution in [0, 0.1) is 0 Å². The molecular formula is C21H23N3O3S. The van der Waals surface area contributed by atoms with Crippen molar-refractivity contribution in [3.8, 4) is 17.2 Å². The van der Waals surface area contributed by atoms with E-state index in [4.69, 9.17) is 9.15 Å². The topological polar surface area (TPSA) is 68.5 Å². The Labute approximate surface area is 168 Å². The average Bonchev–Trinajstić information content (AvgIpc) is 3.39. The Bertz CT molecular complexity index is 919. The Balaban J connectivity index is 1.44. The van der Waals surface area contributed by atoms with Gasteiger partial charge >= 0.3 is 0 Å². The van der Waals surface area contributed by atoms with Gasteiger partial charge in [0.05, 0.1) is 12.0 Å². The third-order valence-corrected chi connectivity index (χ3v) is 5.42. The molecule has 28 heavy (non-hydrogen) atoms. The number of benzene rings is 1. The number of thiophene rings is 1. The summed E-state index contributed by atoms with van der Waals surface area (Å²) in [5.41, 5.74) is 1.61. The number of piperidine rings is 1. The largest absolute Gasteiger partial charge is 0.491 e. The fraction of sp³-hybridized carbons (Fsp3) is 0.381. The van der Waals surface area contributed by atoms with Gasteiger partial charge in [0.1, 0.15) is 5.75 Å². The van der Waals surface area contributed by atoms with E-state index >= 15 is 0 Å². The van der Waals surface area contributed by atoms with Crippen molar-refractivity contribution in [2.45, 2.75) is 38.7 Å². The van der Waals surface area contributed by atoms with Crippen molar-refractivity contribution in [2.75, 3.05) is 13.1 Å². The van der Waals surface area contributed by atoms with Crippen LogP contribution in [0.1, 0.15) is 48.9 Å². The first kappa shape index (κ1) is 18.7. The van der Waals surface area contributed by atoms with Gasteiger partial charge in [0.15, 0.2) is 0 Å². The second-order valence-electron chi connectivity index (χ2n) is 7.24. The number of carbonyl (C=O) groups excluding carboxylic acids is 1. The summed E-state index contributed by atoms with van der Waals surface area (Å²) < 4.78 is 11.5. The minimum Gasteiger partial charge on any atom is -0.491 e. The van der Waals surface area contributed by atoms with Crippen molar-refractivity contribution >= 4 is 17.2 Å². The molecule has 7 heteroatoms. The third kappa shape index (κ3) is 4.09. The Hall–Kier alpha value is -2.67. The zero-order chi connectivity index (χ0) is 19.5. The van der Waals surface area contributed by atoms with Gasteiger partial charge < -0.3 is 14.1 Å². The normalized spacial score (nSPS) is 17.1. The molecule has 2 aromatic heterocycles. The summed E-state index contributed by atoms with van der Waals surface area (Å²) in [6.45, 7) is 5.29. The molecule has 0 radical (unpaired) electrons. The zero-order valence-corrected chi connectivity index (χ0v) is 16.8. The average molecular weight is 398 g/mol. The van der Waals surface area contributed by atoms with Gasteiger partial charge in [0.2, 0.25) is 11.8 Å². The Morgan fingerprint density at radius 3 is 2.79 bits per heavy atom. The first-order chi connectivity index (χ1) is 13.6. The second kappa shape index (κ2) is 8.14. The number of likely N-dealkylation sites (tertiary alicyclic amines) is 1. The summed E-state index contributed by atoms with van der Waals surface area (Å²) in [7, 11) is 0. The van der Waals surface area contributed by atoms with Gasteiger partial charge in [-0.05, 0) is 62.4 Å². The van der Waals surface area contributed by atoms with Crippen LogP contribution in [0.4, 0.5) is 0 Å². The monoisotopic (exact) mass is 397 g/mol. The van der Waals surface area contributed by atoms with Crippen molar-refractivity contribution in [1.82, 2.24) is 15.1 Å². The molecule has 1 atom stereocenters. The van der Waals surface area contributed by atoms with Crippen molar-refractivity contribution in [2.24, 2.45) is 0 Å². The number of ether oxygens (including phenoxy) is 1. The maximum atomic E-state index is 12.9. The summed E-state index contributed by atoms with van der Waals surface area (Å²) in [5.74, 6) is 2.02. The van der Waals surface area contributed by atoms with Gasteiger partial charge in [-0.25, -0.2) is 0 Å². The highest BCUT2D eigenvalue weighted by Crippen LogP contribution is 2.30. The smallest absolute Gasteiger partial charge is 0.253 e. The van der Waals surface area contributed by atoms with Gasteiger partial charge in [0.25, 0.3) is 5.91 Å². The minimum absolute atomic E-state index is 0.0263. The van der Waals surface area contributed by atoms with E-state index in [1.54, 1.807) is 11.3 Å². The molecule has 1 aliphatic heterocycles. The van der Waals surface area contributed by atoms with E-state index in [9.17, 15) is 4.79 Å². The molecule has 0 N–H and O–H groups in total. The molecule has 0 unspecified atom stereocenters. The van der Waals surface area contributed by atoms with Crippen molar-refractivity contribution in [1.29, 1.82) is 0 Å². The van der Waals surface area contributed by atoms with Crippen LogP contribution in [-0.4, -0.2) is 40.2 Å². The molecule has 0 aliphatic carbocycles. The third-order valence-electron chi connectivity index (χ3n) is 4.74. The molecule has 1 saturated heterocycles. The summed E-state index contributed by atoms with van der Waals surface area (Å²) in [5, 5.41) is 12.4. The molecule has 3 heterocycles. The van der Waals surface area contributed by atoms with Crippen molar-refractivity contribution < 1.29 is 13.9 Å². The van der Waals surface area contributed by atoms with Gasteiger partial charge in [0, 0.05) is 29.6 Å². The number of carbonyl (C=O) groups is 1. The standard InChI is InChI=1S/C21H23N3O3S/c1-14(2)26-18-7-5-15(6-8-18)21(25)24-10-3-4-16(12-24)19-22-23-20(27-19)17-9-11-28-13-17/h5-9,11,13-14,16H,3-4,10,12H2,1-2H3/t16-/m1/s1. The molecule has 1 aliphatic rings. The quantitative estimate of drug-likeness (QED) is 0.629. The van der Waals surface area contributed by atoms with Crippen LogP contribution in [0.25, 0.3) is 11.5 Å². The lowest BCUT2D eigenvalue weighted by atomic mass is 9.97. The molecule has 146 valence electrons. The van der Waals surface area contributed by atoms with Gasteiger partial charge in [-0.1, -0.05) is 0 Å². The summed E-state index contributed by atoms with van der Waals surface area (Å²) in [4.78, 5) is 14.8. The fourth-order valence-electron chi connectivity index (χ4n) is 3.40. The maximum Gasteiger partial charge on any atom is 0.253 e. The van der Waals surface area contributed by atoms with Gasteiger partial charge in [-0.2, -0.15) is 11.3 Å². The highest BCUT2D eigenvalue weighted by molar-refractivity contribution is 7.08. The van der Waals surface area contributed by atoms with E-state index in [1.165, 1.54) is 0 Å². The molecule has 0 bridgehead atoms. The van der Waals surface area contributed by atoms with E-state index in [-0.39, 0.29) is 17.9 Å². The van der Waals surface area contributed by atoms with E-state index in [1.807, 2.05) is 59.8 Å². The van der Waals surface area contributed by atoms with Crippen molar-refractivity contribution in [3.63, 3.8) is 0 Å². The molecule has 6 nitrogen and oxygen atoms in total. The zero-order valence-electron chi connectivity index (χ0n) is 16.0. The minimum atomic E-state index is 0.0263.